The fraction of sp³-hybridized carbons (Fsp3) is 0.647. The van der Waals surface area contributed by atoms with E-state index in [0.717, 1.165) is 30.0 Å². The molecular weight excluding hydrogens is 340 g/mol. The summed E-state index contributed by atoms with van der Waals surface area (Å²) in [5.74, 6) is -0.777. The predicted octanol–water partition coefficient (Wildman–Crippen LogP) is 1.85. The van der Waals surface area contributed by atoms with Gasteiger partial charge in [-0.15, -0.1) is 11.3 Å². The second kappa shape index (κ2) is 6.74. The Kier molecular flexibility index (Phi) is 4.81. The van der Waals surface area contributed by atoms with E-state index >= 15 is 0 Å². The van der Waals surface area contributed by atoms with Crippen molar-refractivity contribution in [2.24, 2.45) is 5.92 Å². The van der Waals surface area contributed by atoms with Gasteiger partial charge >= 0.3 is 6.03 Å². The number of hydrogen-bond acceptors (Lipinski definition) is 5. The molecule has 8 heteroatoms. The number of fused-ring (bicyclic) bond motifs is 1. The number of amides is 4. The van der Waals surface area contributed by atoms with Gasteiger partial charge in [-0.05, 0) is 19.8 Å². The van der Waals surface area contributed by atoms with E-state index in [-0.39, 0.29) is 11.8 Å². The number of carbonyl (C=O) groups excluding carboxylic acids is 3. The van der Waals surface area contributed by atoms with Crippen molar-refractivity contribution in [3.8, 4) is 0 Å². The zero-order valence-corrected chi connectivity index (χ0v) is 15.7. The topological polar surface area (TPSA) is 91.4 Å². The third-order valence-electron chi connectivity index (χ3n) is 4.93. The Morgan fingerprint density at radius 1 is 1.36 bits per heavy atom. The fourth-order valence-corrected chi connectivity index (χ4v) is 4.86. The first-order valence-electron chi connectivity index (χ1n) is 8.78. The van der Waals surface area contributed by atoms with E-state index in [9.17, 15) is 14.4 Å². The van der Waals surface area contributed by atoms with Gasteiger partial charge in [0.25, 0.3) is 5.91 Å². The van der Waals surface area contributed by atoms with Crippen LogP contribution in [0.5, 0.6) is 0 Å². The van der Waals surface area contributed by atoms with Gasteiger partial charge in [-0.3, -0.25) is 14.9 Å². The van der Waals surface area contributed by atoms with Gasteiger partial charge in [0.05, 0.1) is 22.2 Å². The molecule has 0 aliphatic carbocycles. The van der Waals surface area contributed by atoms with Gasteiger partial charge in [0.1, 0.15) is 4.88 Å². The molecular formula is C17H24N4O3S. The van der Waals surface area contributed by atoms with E-state index in [0.29, 0.717) is 24.4 Å². The number of likely N-dealkylation sites (tertiary alicyclic amines) is 1. The molecule has 0 bridgehead atoms. The van der Waals surface area contributed by atoms with Crippen LogP contribution in [0.1, 0.15) is 53.5 Å². The van der Waals surface area contributed by atoms with Crippen LogP contribution in [0.25, 0.3) is 0 Å². The van der Waals surface area contributed by atoms with Gasteiger partial charge < -0.3 is 10.2 Å². The molecule has 25 heavy (non-hydrogen) atoms. The van der Waals surface area contributed by atoms with Gasteiger partial charge in [0, 0.05) is 13.1 Å². The first-order valence-corrected chi connectivity index (χ1v) is 9.60. The number of thiazole rings is 1. The van der Waals surface area contributed by atoms with Crippen molar-refractivity contribution in [3.63, 3.8) is 0 Å². The molecule has 2 unspecified atom stereocenters. The van der Waals surface area contributed by atoms with Crippen molar-refractivity contribution >= 4 is 29.2 Å². The maximum Gasteiger partial charge on any atom is 0.321 e. The SMILES string of the molecule is CCCc1nc(C)sc1C(=O)N1CC2C(=O)NC(=O)NC2(CCC)C1. The van der Waals surface area contributed by atoms with Gasteiger partial charge in [-0.1, -0.05) is 26.7 Å². The standard InChI is InChI=1S/C17H24N4O3S/c1-4-6-12-13(25-10(3)18-12)15(23)21-8-11-14(22)19-16(24)20-17(11,9-21)7-5-2/h11H,4-9H2,1-3H3,(H2,19,20,22,24). The van der Waals surface area contributed by atoms with Crippen LogP contribution in [0, 0.1) is 12.8 Å². The van der Waals surface area contributed by atoms with Crippen LogP contribution in [0.4, 0.5) is 4.79 Å². The molecule has 0 spiro atoms. The van der Waals surface area contributed by atoms with E-state index in [2.05, 4.69) is 22.5 Å². The molecule has 136 valence electrons. The van der Waals surface area contributed by atoms with E-state index in [1.165, 1.54) is 11.3 Å². The molecule has 4 amide bonds. The first kappa shape index (κ1) is 17.8. The molecule has 7 nitrogen and oxygen atoms in total. The number of nitrogens with one attached hydrogen (secondary N) is 2. The third kappa shape index (κ3) is 3.15. The molecule has 2 aliphatic heterocycles. The lowest BCUT2D eigenvalue weighted by atomic mass is 9.81. The summed E-state index contributed by atoms with van der Waals surface area (Å²) in [7, 11) is 0. The Labute approximate surface area is 151 Å². The number of carbonyl (C=O) groups is 3. The molecule has 1 aromatic heterocycles. The lowest BCUT2D eigenvalue weighted by Gasteiger charge is -2.38. The lowest BCUT2D eigenvalue weighted by Crippen LogP contribution is -2.66. The highest BCUT2D eigenvalue weighted by Gasteiger charge is 2.54. The Balaban J connectivity index is 1.88. The number of aryl methyl sites for hydroxylation is 2. The number of urea groups is 1. The van der Waals surface area contributed by atoms with Gasteiger partial charge in [0.15, 0.2) is 0 Å². The summed E-state index contributed by atoms with van der Waals surface area (Å²) >= 11 is 1.41. The molecule has 0 radical (unpaired) electrons. The van der Waals surface area contributed by atoms with Crippen molar-refractivity contribution in [1.29, 1.82) is 0 Å². The summed E-state index contributed by atoms with van der Waals surface area (Å²) in [6.07, 6.45) is 3.18. The van der Waals surface area contributed by atoms with Crippen molar-refractivity contribution in [1.82, 2.24) is 20.5 Å². The van der Waals surface area contributed by atoms with Gasteiger partial charge in [-0.25, -0.2) is 9.78 Å². The molecule has 2 fully saturated rings. The molecule has 3 heterocycles. The quantitative estimate of drug-likeness (QED) is 0.834. The number of hydrogen-bond donors (Lipinski definition) is 2. The van der Waals surface area contributed by atoms with Crippen LogP contribution < -0.4 is 10.6 Å². The van der Waals surface area contributed by atoms with Gasteiger partial charge in [0.2, 0.25) is 5.91 Å². The average Bonchev–Trinajstić information content (AvgIpc) is 3.08. The second-order valence-corrected chi connectivity index (χ2v) is 8.05. The van der Waals surface area contributed by atoms with E-state index in [1.807, 2.05) is 13.8 Å². The molecule has 0 aromatic carbocycles. The van der Waals surface area contributed by atoms with Crippen LogP contribution in [-0.2, 0) is 11.2 Å². The highest BCUT2D eigenvalue weighted by Crippen LogP contribution is 2.35. The number of rotatable bonds is 5. The Morgan fingerprint density at radius 2 is 2.12 bits per heavy atom. The van der Waals surface area contributed by atoms with E-state index < -0.39 is 17.5 Å². The number of aromatic nitrogens is 1. The van der Waals surface area contributed by atoms with Crippen LogP contribution >= 0.6 is 11.3 Å². The minimum Gasteiger partial charge on any atom is -0.335 e. The van der Waals surface area contributed by atoms with Crippen LogP contribution in [0.3, 0.4) is 0 Å². The zero-order chi connectivity index (χ0) is 18.2. The smallest absolute Gasteiger partial charge is 0.321 e. The summed E-state index contributed by atoms with van der Waals surface area (Å²) in [6, 6.07) is -0.468. The summed E-state index contributed by atoms with van der Waals surface area (Å²) in [4.78, 5) is 44.1. The van der Waals surface area contributed by atoms with Crippen molar-refractivity contribution in [2.75, 3.05) is 13.1 Å². The van der Waals surface area contributed by atoms with Gasteiger partial charge in [-0.2, -0.15) is 0 Å². The van der Waals surface area contributed by atoms with Crippen molar-refractivity contribution < 1.29 is 14.4 Å². The normalized spacial score (nSPS) is 25.6. The number of imide groups is 1. The maximum absolute atomic E-state index is 13.1. The molecule has 2 saturated heterocycles. The summed E-state index contributed by atoms with van der Waals surface area (Å²) in [5.41, 5.74) is 0.178. The molecule has 3 rings (SSSR count). The van der Waals surface area contributed by atoms with Crippen molar-refractivity contribution in [3.05, 3.63) is 15.6 Å². The van der Waals surface area contributed by atoms with E-state index in [4.69, 9.17) is 0 Å². The maximum atomic E-state index is 13.1. The molecule has 0 saturated carbocycles. The van der Waals surface area contributed by atoms with Crippen LogP contribution in [-0.4, -0.2) is 46.4 Å². The molecule has 2 N–H and O–H groups in total. The molecule has 2 atom stereocenters. The van der Waals surface area contributed by atoms with Crippen LogP contribution in [0.15, 0.2) is 0 Å². The highest BCUT2D eigenvalue weighted by atomic mass is 32.1. The van der Waals surface area contributed by atoms with Crippen LogP contribution in [0.2, 0.25) is 0 Å². The summed E-state index contributed by atoms with van der Waals surface area (Å²) in [5, 5.41) is 6.13. The Hall–Kier alpha value is -1.96. The second-order valence-electron chi connectivity index (χ2n) is 6.85. The summed E-state index contributed by atoms with van der Waals surface area (Å²) < 4.78 is 0. The summed E-state index contributed by atoms with van der Waals surface area (Å²) in [6.45, 7) is 6.67. The average molecular weight is 364 g/mol. The van der Waals surface area contributed by atoms with E-state index in [1.54, 1.807) is 4.90 Å². The first-order chi connectivity index (χ1) is 11.9. The Bertz CT molecular complexity index is 717. The fourth-order valence-electron chi connectivity index (χ4n) is 3.93. The minimum atomic E-state index is -0.658. The van der Waals surface area contributed by atoms with Crippen molar-refractivity contribution in [2.45, 2.75) is 52.0 Å². The minimum absolute atomic E-state index is 0.0824. The Morgan fingerprint density at radius 3 is 2.80 bits per heavy atom. The zero-order valence-electron chi connectivity index (χ0n) is 14.8. The molecule has 2 aliphatic rings. The third-order valence-corrected chi connectivity index (χ3v) is 5.93. The molecule has 1 aromatic rings. The largest absolute Gasteiger partial charge is 0.335 e. The lowest BCUT2D eigenvalue weighted by molar-refractivity contribution is -0.126. The number of nitrogens with zero attached hydrogens (tertiary/aromatic N) is 2. The monoisotopic (exact) mass is 364 g/mol. The highest BCUT2D eigenvalue weighted by molar-refractivity contribution is 7.13. The predicted molar refractivity (Wildman–Crippen MR) is 94.6 cm³/mol.